The van der Waals surface area contributed by atoms with Crippen LogP contribution in [0.15, 0.2) is 47.6 Å². The van der Waals surface area contributed by atoms with Gasteiger partial charge < -0.3 is 9.84 Å². The van der Waals surface area contributed by atoms with Gasteiger partial charge in [0.15, 0.2) is 17.4 Å². The van der Waals surface area contributed by atoms with E-state index in [0.717, 1.165) is 17.8 Å². The lowest BCUT2D eigenvalue weighted by atomic mass is 10.1. The number of rotatable bonds is 7. The van der Waals surface area contributed by atoms with Gasteiger partial charge in [-0.2, -0.15) is 5.10 Å². The number of para-hydroxylation sites is 1. The second kappa shape index (κ2) is 7.95. The standard InChI is InChI=1S/C19H18F2N2O3/c20-16-10-13(6-7-18(24)25)11-17(21)19(16)26-12-15-8-9-22-23(15)14-4-2-1-3-5-14/h1-5,9-11,15H,6-8,12H2,(H,24,25). The Hall–Kier alpha value is -2.96. The van der Waals surface area contributed by atoms with Gasteiger partial charge in [-0.1, -0.05) is 18.2 Å². The molecule has 136 valence electrons. The molecule has 1 aliphatic rings. The van der Waals surface area contributed by atoms with Crippen LogP contribution in [0, 0.1) is 11.6 Å². The first-order valence-electron chi connectivity index (χ1n) is 8.24. The lowest BCUT2D eigenvalue weighted by Gasteiger charge is -2.24. The molecule has 1 heterocycles. The summed E-state index contributed by atoms with van der Waals surface area (Å²) in [6.45, 7) is 0.0667. The normalized spacial score (nSPS) is 16.1. The molecule has 0 spiro atoms. The molecule has 1 N–H and O–H groups in total. The summed E-state index contributed by atoms with van der Waals surface area (Å²) in [4.78, 5) is 10.6. The van der Waals surface area contributed by atoms with Gasteiger partial charge in [0.2, 0.25) is 0 Å². The summed E-state index contributed by atoms with van der Waals surface area (Å²) in [5, 5.41) is 14.7. The quantitative estimate of drug-likeness (QED) is 0.819. The molecule has 2 aromatic carbocycles. The van der Waals surface area contributed by atoms with Gasteiger partial charge in [0.25, 0.3) is 0 Å². The Labute approximate surface area is 149 Å². The van der Waals surface area contributed by atoms with Gasteiger partial charge in [0, 0.05) is 19.1 Å². The SMILES string of the molecule is O=C(O)CCc1cc(F)c(OCC2CC=NN2c2ccccc2)c(F)c1. The van der Waals surface area contributed by atoms with Crippen LogP contribution in [-0.2, 0) is 11.2 Å². The first-order chi connectivity index (χ1) is 12.5. The zero-order valence-electron chi connectivity index (χ0n) is 13.9. The molecule has 7 heteroatoms. The van der Waals surface area contributed by atoms with Gasteiger partial charge in [0.05, 0.1) is 11.7 Å². The van der Waals surface area contributed by atoms with Gasteiger partial charge in [-0.3, -0.25) is 9.80 Å². The number of anilines is 1. The van der Waals surface area contributed by atoms with Crippen molar-refractivity contribution >= 4 is 17.9 Å². The minimum atomic E-state index is -1.02. The van der Waals surface area contributed by atoms with E-state index in [1.165, 1.54) is 0 Å². The van der Waals surface area contributed by atoms with E-state index in [-0.39, 0.29) is 31.1 Å². The summed E-state index contributed by atoms with van der Waals surface area (Å²) in [6.07, 6.45) is 2.21. The molecule has 1 unspecified atom stereocenters. The zero-order valence-corrected chi connectivity index (χ0v) is 13.9. The summed E-state index contributed by atoms with van der Waals surface area (Å²) in [6, 6.07) is 11.5. The van der Waals surface area contributed by atoms with Crippen LogP contribution in [0.4, 0.5) is 14.5 Å². The highest BCUT2D eigenvalue weighted by Gasteiger charge is 2.24. The van der Waals surface area contributed by atoms with Crippen molar-refractivity contribution in [3.8, 4) is 5.75 Å². The van der Waals surface area contributed by atoms with Crippen LogP contribution in [0.3, 0.4) is 0 Å². The average molecular weight is 360 g/mol. The number of aliphatic carboxylic acids is 1. The van der Waals surface area contributed by atoms with Crippen LogP contribution in [0.5, 0.6) is 5.75 Å². The van der Waals surface area contributed by atoms with Crippen LogP contribution < -0.4 is 9.75 Å². The Kier molecular flexibility index (Phi) is 5.46. The Morgan fingerprint density at radius 2 is 1.92 bits per heavy atom. The number of aryl methyl sites for hydroxylation is 1. The largest absolute Gasteiger partial charge is 0.485 e. The number of nitrogens with zero attached hydrogens (tertiary/aromatic N) is 2. The van der Waals surface area contributed by atoms with Crippen LogP contribution >= 0.6 is 0 Å². The summed E-state index contributed by atoms with van der Waals surface area (Å²) < 4.78 is 33.7. The van der Waals surface area contributed by atoms with Crippen LogP contribution in [0.2, 0.25) is 0 Å². The average Bonchev–Trinajstić information content (AvgIpc) is 3.08. The van der Waals surface area contributed by atoms with Crippen molar-refractivity contribution in [3.63, 3.8) is 0 Å². The van der Waals surface area contributed by atoms with Gasteiger partial charge >= 0.3 is 5.97 Å². The van der Waals surface area contributed by atoms with E-state index in [1.807, 2.05) is 30.3 Å². The maximum absolute atomic E-state index is 14.2. The molecule has 0 amide bonds. The highest BCUT2D eigenvalue weighted by Crippen LogP contribution is 2.27. The molecule has 0 bridgehead atoms. The summed E-state index contributed by atoms with van der Waals surface area (Å²) >= 11 is 0. The molecular weight excluding hydrogens is 342 g/mol. The van der Waals surface area contributed by atoms with Gasteiger partial charge in [0.1, 0.15) is 6.61 Å². The Morgan fingerprint density at radius 3 is 2.58 bits per heavy atom. The van der Waals surface area contributed by atoms with Crippen molar-refractivity contribution in [1.82, 2.24) is 0 Å². The van der Waals surface area contributed by atoms with Crippen LogP contribution in [0.1, 0.15) is 18.4 Å². The third kappa shape index (κ3) is 4.17. The van der Waals surface area contributed by atoms with Crippen molar-refractivity contribution in [1.29, 1.82) is 0 Å². The minimum absolute atomic E-state index is 0.0572. The van der Waals surface area contributed by atoms with Crippen LogP contribution in [-0.4, -0.2) is 29.9 Å². The molecule has 2 aromatic rings. The lowest BCUT2D eigenvalue weighted by Crippen LogP contribution is -2.32. The topological polar surface area (TPSA) is 62.1 Å². The summed E-state index contributed by atoms with van der Waals surface area (Å²) in [5.41, 5.74) is 1.16. The van der Waals surface area contributed by atoms with Crippen molar-refractivity contribution in [2.75, 3.05) is 11.6 Å². The predicted octanol–water partition coefficient (Wildman–Crippen LogP) is 3.63. The number of ether oxygens (including phenoxy) is 1. The molecule has 0 saturated carbocycles. The van der Waals surface area contributed by atoms with E-state index in [0.29, 0.717) is 6.42 Å². The van der Waals surface area contributed by atoms with E-state index in [2.05, 4.69) is 5.10 Å². The molecule has 1 aliphatic heterocycles. The summed E-state index contributed by atoms with van der Waals surface area (Å²) in [7, 11) is 0. The Bertz CT molecular complexity index is 789. The number of hydrogen-bond donors (Lipinski definition) is 1. The number of carboxylic acid groups (broad SMARTS) is 1. The molecule has 0 aromatic heterocycles. The first-order valence-corrected chi connectivity index (χ1v) is 8.24. The minimum Gasteiger partial charge on any atom is -0.485 e. The van der Waals surface area contributed by atoms with Gasteiger partial charge in [-0.15, -0.1) is 0 Å². The highest BCUT2D eigenvalue weighted by molar-refractivity contribution is 5.67. The number of hydrogen-bond acceptors (Lipinski definition) is 4. The highest BCUT2D eigenvalue weighted by atomic mass is 19.1. The molecule has 5 nitrogen and oxygen atoms in total. The van der Waals surface area contributed by atoms with E-state index in [9.17, 15) is 13.6 Å². The number of benzene rings is 2. The van der Waals surface area contributed by atoms with Crippen molar-refractivity contribution < 1.29 is 23.4 Å². The maximum Gasteiger partial charge on any atom is 0.303 e. The Balaban J connectivity index is 1.67. The number of hydrazone groups is 1. The Morgan fingerprint density at radius 1 is 1.23 bits per heavy atom. The third-order valence-corrected chi connectivity index (χ3v) is 4.06. The molecule has 0 aliphatic carbocycles. The molecule has 0 radical (unpaired) electrons. The zero-order chi connectivity index (χ0) is 18.5. The van der Waals surface area contributed by atoms with E-state index >= 15 is 0 Å². The summed E-state index contributed by atoms with van der Waals surface area (Å²) in [5.74, 6) is -3.15. The van der Waals surface area contributed by atoms with Crippen molar-refractivity contribution in [2.24, 2.45) is 5.10 Å². The van der Waals surface area contributed by atoms with Gasteiger partial charge in [-0.05, 0) is 36.2 Å². The van der Waals surface area contributed by atoms with Crippen LogP contribution in [0.25, 0.3) is 0 Å². The number of halogens is 2. The smallest absolute Gasteiger partial charge is 0.303 e. The number of carboxylic acids is 1. The maximum atomic E-state index is 14.2. The molecule has 3 rings (SSSR count). The first kappa shape index (κ1) is 17.8. The van der Waals surface area contributed by atoms with Gasteiger partial charge in [-0.25, -0.2) is 8.78 Å². The molecular formula is C19H18F2N2O3. The fraction of sp³-hybridized carbons (Fsp3) is 0.263. The number of carbonyl (C=O) groups is 1. The molecule has 1 atom stereocenters. The lowest BCUT2D eigenvalue weighted by molar-refractivity contribution is -0.136. The second-order valence-corrected chi connectivity index (χ2v) is 5.96. The predicted molar refractivity (Wildman–Crippen MR) is 93.6 cm³/mol. The van der Waals surface area contributed by atoms with Crippen molar-refractivity contribution in [3.05, 3.63) is 59.7 Å². The van der Waals surface area contributed by atoms with E-state index in [4.69, 9.17) is 9.84 Å². The molecule has 26 heavy (non-hydrogen) atoms. The monoisotopic (exact) mass is 360 g/mol. The van der Waals surface area contributed by atoms with Crippen molar-refractivity contribution in [2.45, 2.75) is 25.3 Å². The fourth-order valence-electron chi connectivity index (χ4n) is 2.77. The second-order valence-electron chi connectivity index (χ2n) is 5.96. The molecule has 0 fully saturated rings. The van der Waals surface area contributed by atoms with E-state index in [1.54, 1.807) is 11.2 Å². The third-order valence-electron chi connectivity index (χ3n) is 4.06. The molecule has 0 saturated heterocycles. The fourth-order valence-corrected chi connectivity index (χ4v) is 2.77. The van der Waals surface area contributed by atoms with E-state index < -0.39 is 23.4 Å².